The zero-order chi connectivity index (χ0) is 19.6. The van der Waals surface area contributed by atoms with Crippen LogP contribution in [0.1, 0.15) is 44.1 Å². The highest BCUT2D eigenvalue weighted by molar-refractivity contribution is 9.10. The fraction of sp³-hybridized carbons (Fsp3) is 0.364. The highest BCUT2D eigenvalue weighted by atomic mass is 79.9. The smallest absolute Gasteiger partial charge is 0.319 e. The Hall–Kier alpha value is -2.34. The number of benzene rings is 2. The molecule has 2 saturated carbocycles. The highest BCUT2D eigenvalue weighted by Crippen LogP contribution is 2.42. The number of hydrogen-bond donors (Lipinski definition) is 3. The second kappa shape index (κ2) is 7.95. The Labute approximate surface area is 173 Å². The zero-order valence-electron chi connectivity index (χ0n) is 15.6. The van der Waals surface area contributed by atoms with Gasteiger partial charge in [0.1, 0.15) is 0 Å². The lowest BCUT2D eigenvalue weighted by Crippen LogP contribution is -2.38. The minimum Gasteiger partial charge on any atom is -0.335 e. The van der Waals surface area contributed by atoms with E-state index in [0.717, 1.165) is 54.2 Å². The van der Waals surface area contributed by atoms with E-state index in [1.165, 1.54) is 0 Å². The van der Waals surface area contributed by atoms with Crippen LogP contribution < -0.4 is 16.0 Å². The average Bonchev–Trinajstić information content (AvgIpc) is 3.35. The van der Waals surface area contributed by atoms with Crippen LogP contribution in [-0.4, -0.2) is 18.0 Å². The van der Waals surface area contributed by atoms with E-state index in [1.807, 2.05) is 48.5 Å². The highest BCUT2D eigenvalue weighted by Gasteiger charge is 2.42. The van der Waals surface area contributed by atoms with Crippen molar-refractivity contribution in [1.29, 1.82) is 0 Å². The average molecular weight is 442 g/mol. The summed E-state index contributed by atoms with van der Waals surface area (Å²) in [5.41, 5.74) is 2.05. The third-order valence-electron chi connectivity index (χ3n) is 5.60. The fourth-order valence-corrected chi connectivity index (χ4v) is 4.13. The molecule has 3 amide bonds. The van der Waals surface area contributed by atoms with Gasteiger partial charge in [0.25, 0.3) is 0 Å². The van der Waals surface area contributed by atoms with Gasteiger partial charge >= 0.3 is 6.03 Å². The van der Waals surface area contributed by atoms with Gasteiger partial charge in [0, 0.05) is 21.9 Å². The first-order chi connectivity index (χ1) is 13.5. The van der Waals surface area contributed by atoms with Crippen molar-refractivity contribution in [3.63, 3.8) is 0 Å². The summed E-state index contributed by atoms with van der Waals surface area (Å²) < 4.78 is 1.01. The molecule has 2 aromatic rings. The number of amides is 3. The molecule has 6 heteroatoms. The standard InChI is InChI=1S/C22H24BrN3O2/c23-16-5-3-15(4-6-16)22(13-1-2-14-22)20(27)24-17-7-9-18(10-8-17)25-21(28)26-19-11-12-19/h3-10,19H,1-2,11-14H2,(H,24,27)(H2,25,26,28). The summed E-state index contributed by atoms with van der Waals surface area (Å²) in [6, 6.07) is 15.5. The van der Waals surface area contributed by atoms with Gasteiger partial charge in [-0.3, -0.25) is 4.79 Å². The van der Waals surface area contributed by atoms with Crippen LogP contribution in [0.3, 0.4) is 0 Å². The molecule has 0 atom stereocenters. The van der Waals surface area contributed by atoms with Crippen LogP contribution in [0.5, 0.6) is 0 Å². The van der Waals surface area contributed by atoms with Gasteiger partial charge in [-0.1, -0.05) is 40.9 Å². The Morgan fingerprint density at radius 2 is 1.43 bits per heavy atom. The van der Waals surface area contributed by atoms with Crippen LogP contribution in [0.4, 0.5) is 16.2 Å². The van der Waals surface area contributed by atoms with Crippen LogP contribution in [0.15, 0.2) is 53.0 Å². The Bertz CT molecular complexity index is 854. The first-order valence-corrected chi connectivity index (χ1v) is 10.6. The molecule has 4 rings (SSSR count). The van der Waals surface area contributed by atoms with Crippen LogP contribution in [0.25, 0.3) is 0 Å². The van der Waals surface area contributed by atoms with E-state index in [4.69, 9.17) is 0 Å². The molecule has 0 saturated heterocycles. The van der Waals surface area contributed by atoms with E-state index in [-0.39, 0.29) is 11.9 Å². The normalized spacial score (nSPS) is 17.8. The number of urea groups is 1. The summed E-state index contributed by atoms with van der Waals surface area (Å²) in [5, 5.41) is 8.79. The summed E-state index contributed by atoms with van der Waals surface area (Å²) in [7, 11) is 0. The molecule has 0 heterocycles. The first kappa shape index (κ1) is 19.0. The van der Waals surface area contributed by atoms with Crippen molar-refractivity contribution in [2.24, 2.45) is 0 Å². The molecule has 0 spiro atoms. The van der Waals surface area contributed by atoms with E-state index in [2.05, 4.69) is 31.9 Å². The summed E-state index contributed by atoms with van der Waals surface area (Å²) in [6.07, 6.45) is 5.95. The lowest BCUT2D eigenvalue weighted by Gasteiger charge is -2.28. The maximum absolute atomic E-state index is 13.2. The van der Waals surface area contributed by atoms with E-state index in [1.54, 1.807) is 0 Å². The number of anilines is 2. The molecule has 0 bridgehead atoms. The maximum Gasteiger partial charge on any atom is 0.319 e. The number of rotatable bonds is 5. The number of carbonyl (C=O) groups excluding carboxylic acids is 2. The van der Waals surface area contributed by atoms with Gasteiger partial charge in [-0.2, -0.15) is 0 Å². The Kier molecular flexibility index (Phi) is 5.40. The van der Waals surface area contributed by atoms with Gasteiger partial charge < -0.3 is 16.0 Å². The number of nitrogens with one attached hydrogen (secondary N) is 3. The van der Waals surface area contributed by atoms with Crippen LogP contribution in [0.2, 0.25) is 0 Å². The second-order valence-corrected chi connectivity index (χ2v) is 8.62. The number of hydrogen-bond acceptors (Lipinski definition) is 2. The van der Waals surface area contributed by atoms with Crippen molar-refractivity contribution >= 4 is 39.2 Å². The molecule has 2 aromatic carbocycles. The minimum absolute atomic E-state index is 0.0412. The first-order valence-electron chi connectivity index (χ1n) is 9.80. The molecule has 0 radical (unpaired) electrons. The van der Waals surface area contributed by atoms with E-state index >= 15 is 0 Å². The summed E-state index contributed by atoms with van der Waals surface area (Å²) in [5.74, 6) is 0.0412. The third kappa shape index (κ3) is 4.22. The molecule has 5 nitrogen and oxygen atoms in total. The SMILES string of the molecule is O=C(Nc1ccc(NC(=O)C2(c3ccc(Br)cc3)CCCC2)cc1)NC1CC1. The van der Waals surface area contributed by atoms with E-state index < -0.39 is 5.41 Å². The summed E-state index contributed by atoms with van der Waals surface area (Å²) in [4.78, 5) is 25.0. The predicted octanol–water partition coefficient (Wildman–Crippen LogP) is 5.18. The molecule has 28 heavy (non-hydrogen) atoms. The van der Waals surface area contributed by atoms with Crippen molar-refractivity contribution in [1.82, 2.24) is 5.32 Å². The molecule has 2 aliphatic rings. The minimum atomic E-state index is -0.470. The molecule has 2 aliphatic carbocycles. The van der Waals surface area contributed by atoms with Crippen LogP contribution in [-0.2, 0) is 10.2 Å². The third-order valence-corrected chi connectivity index (χ3v) is 6.13. The molecular weight excluding hydrogens is 418 g/mol. The van der Waals surface area contributed by atoms with Crippen molar-refractivity contribution in [3.8, 4) is 0 Å². The van der Waals surface area contributed by atoms with Crippen molar-refractivity contribution in [2.75, 3.05) is 10.6 Å². The van der Waals surface area contributed by atoms with Gasteiger partial charge in [0.15, 0.2) is 0 Å². The van der Waals surface area contributed by atoms with E-state index in [9.17, 15) is 9.59 Å². The number of halogens is 1. The maximum atomic E-state index is 13.2. The largest absolute Gasteiger partial charge is 0.335 e. The molecule has 2 fully saturated rings. The van der Waals surface area contributed by atoms with Crippen molar-refractivity contribution < 1.29 is 9.59 Å². The van der Waals surface area contributed by atoms with Crippen LogP contribution in [0, 0.1) is 0 Å². The van der Waals surface area contributed by atoms with Crippen LogP contribution >= 0.6 is 15.9 Å². The second-order valence-electron chi connectivity index (χ2n) is 7.70. The molecule has 0 aliphatic heterocycles. The van der Waals surface area contributed by atoms with Gasteiger partial charge in [-0.15, -0.1) is 0 Å². The molecule has 146 valence electrons. The number of carbonyl (C=O) groups is 2. The lowest BCUT2D eigenvalue weighted by atomic mass is 9.78. The predicted molar refractivity (Wildman–Crippen MR) is 115 cm³/mol. The van der Waals surface area contributed by atoms with Gasteiger partial charge in [0.2, 0.25) is 5.91 Å². The monoisotopic (exact) mass is 441 g/mol. The summed E-state index contributed by atoms with van der Waals surface area (Å²) in [6.45, 7) is 0. The topological polar surface area (TPSA) is 70.2 Å². The van der Waals surface area contributed by atoms with Gasteiger partial charge in [-0.25, -0.2) is 4.79 Å². The lowest BCUT2D eigenvalue weighted by molar-refractivity contribution is -0.121. The quantitative estimate of drug-likeness (QED) is 0.597. The Morgan fingerprint density at radius 3 is 2.00 bits per heavy atom. The molecule has 0 aromatic heterocycles. The van der Waals surface area contributed by atoms with Gasteiger partial charge in [0.05, 0.1) is 5.41 Å². The summed E-state index contributed by atoms with van der Waals surface area (Å²) >= 11 is 3.47. The van der Waals surface area contributed by atoms with Crippen molar-refractivity contribution in [3.05, 3.63) is 58.6 Å². The van der Waals surface area contributed by atoms with Gasteiger partial charge in [-0.05, 0) is 67.6 Å². The Balaban J connectivity index is 1.44. The molecule has 3 N–H and O–H groups in total. The molecule has 0 unspecified atom stereocenters. The molecular formula is C22H24BrN3O2. The fourth-order valence-electron chi connectivity index (χ4n) is 3.86. The Morgan fingerprint density at radius 1 is 0.857 bits per heavy atom. The van der Waals surface area contributed by atoms with Crippen molar-refractivity contribution in [2.45, 2.75) is 50.0 Å². The van der Waals surface area contributed by atoms with E-state index in [0.29, 0.717) is 11.7 Å². The zero-order valence-corrected chi connectivity index (χ0v) is 17.2.